The molecule has 0 aliphatic heterocycles. The van der Waals surface area contributed by atoms with Crippen molar-refractivity contribution in [1.29, 1.82) is 0 Å². The fourth-order valence-corrected chi connectivity index (χ4v) is 1.15. The summed E-state index contributed by atoms with van der Waals surface area (Å²) in [6.45, 7) is 5.42. The molecule has 0 saturated heterocycles. The van der Waals surface area contributed by atoms with Gasteiger partial charge in [-0.25, -0.2) is 0 Å². The van der Waals surface area contributed by atoms with E-state index in [-0.39, 0.29) is 11.6 Å². The minimum atomic E-state index is 0.00927. The average molecular weight is 208 g/mol. The maximum atomic E-state index is 11.2. The summed E-state index contributed by atoms with van der Waals surface area (Å²) < 4.78 is 0. The molecule has 0 aromatic heterocycles. The second-order valence-corrected chi connectivity index (χ2v) is 3.51. The molecular formula is C13H20O2. The molecule has 0 saturated carbocycles. The fourth-order valence-electron chi connectivity index (χ4n) is 1.15. The fraction of sp³-hybridized carbons (Fsp3) is 0.538. The minimum absolute atomic E-state index is 0.00927. The summed E-state index contributed by atoms with van der Waals surface area (Å²) in [5.41, 5.74) is 0. The van der Waals surface area contributed by atoms with Crippen LogP contribution in [-0.4, -0.2) is 11.6 Å². The van der Waals surface area contributed by atoms with Crippen molar-refractivity contribution in [3.63, 3.8) is 0 Å². The van der Waals surface area contributed by atoms with E-state index >= 15 is 0 Å². The number of hydrogen-bond acceptors (Lipinski definition) is 2. The van der Waals surface area contributed by atoms with E-state index in [1.165, 1.54) is 12.2 Å². The Morgan fingerprint density at radius 2 is 1.73 bits per heavy atom. The molecule has 0 aliphatic rings. The Morgan fingerprint density at radius 1 is 1.07 bits per heavy atom. The Balaban J connectivity index is 3.53. The third-order valence-electron chi connectivity index (χ3n) is 2.14. The van der Waals surface area contributed by atoms with Crippen molar-refractivity contribution in [2.75, 3.05) is 0 Å². The Hall–Kier alpha value is -1.18. The van der Waals surface area contributed by atoms with Crippen LogP contribution in [0, 0.1) is 0 Å². The molecule has 0 radical (unpaired) electrons. The summed E-state index contributed by atoms with van der Waals surface area (Å²) in [6.07, 6.45) is 9.73. The SMILES string of the molecule is C=CCCCCCC(=O)C=CC(=O)CC. The molecule has 0 amide bonds. The summed E-state index contributed by atoms with van der Waals surface area (Å²) in [5, 5.41) is 0. The van der Waals surface area contributed by atoms with E-state index in [4.69, 9.17) is 0 Å². The molecule has 15 heavy (non-hydrogen) atoms. The molecule has 0 aliphatic carbocycles. The van der Waals surface area contributed by atoms with Gasteiger partial charge < -0.3 is 0 Å². The van der Waals surface area contributed by atoms with Crippen molar-refractivity contribution in [3.8, 4) is 0 Å². The highest BCUT2D eigenvalue weighted by Gasteiger charge is 1.97. The van der Waals surface area contributed by atoms with E-state index < -0.39 is 0 Å². The molecule has 0 aromatic rings. The monoisotopic (exact) mass is 208 g/mol. The van der Waals surface area contributed by atoms with Crippen molar-refractivity contribution in [2.45, 2.75) is 45.4 Å². The van der Waals surface area contributed by atoms with E-state index in [1.54, 1.807) is 6.92 Å². The molecule has 0 rings (SSSR count). The van der Waals surface area contributed by atoms with Crippen LogP contribution in [0.3, 0.4) is 0 Å². The second kappa shape index (κ2) is 9.38. The first-order valence-electron chi connectivity index (χ1n) is 5.55. The van der Waals surface area contributed by atoms with Gasteiger partial charge in [-0.1, -0.05) is 19.4 Å². The van der Waals surface area contributed by atoms with Crippen molar-refractivity contribution in [3.05, 3.63) is 24.8 Å². The van der Waals surface area contributed by atoms with E-state index in [0.29, 0.717) is 12.8 Å². The molecule has 0 spiro atoms. The van der Waals surface area contributed by atoms with E-state index in [1.807, 2.05) is 6.08 Å². The third-order valence-corrected chi connectivity index (χ3v) is 2.14. The summed E-state index contributed by atoms with van der Waals surface area (Å²) in [7, 11) is 0. The standard InChI is InChI=1S/C13H20O2/c1-3-5-6-7-8-9-13(15)11-10-12(14)4-2/h3,10-11H,1,4-9H2,2H3. The summed E-state index contributed by atoms with van der Waals surface area (Å²) in [6, 6.07) is 0. The lowest BCUT2D eigenvalue weighted by molar-refractivity contribution is -0.116. The Kier molecular flexibility index (Phi) is 8.64. The smallest absolute Gasteiger partial charge is 0.155 e. The van der Waals surface area contributed by atoms with Crippen LogP contribution in [0.4, 0.5) is 0 Å². The zero-order valence-electron chi connectivity index (χ0n) is 9.50. The topological polar surface area (TPSA) is 34.1 Å². The normalized spacial score (nSPS) is 10.5. The van der Waals surface area contributed by atoms with E-state index in [0.717, 1.165) is 25.7 Å². The molecule has 0 unspecified atom stereocenters. The van der Waals surface area contributed by atoms with Crippen LogP contribution in [0.1, 0.15) is 45.4 Å². The van der Waals surface area contributed by atoms with Gasteiger partial charge in [-0.3, -0.25) is 9.59 Å². The zero-order valence-corrected chi connectivity index (χ0v) is 9.50. The predicted molar refractivity (Wildman–Crippen MR) is 62.7 cm³/mol. The third kappa shape index (κ3) is 9.13. The maximum absolute atomic E-state index is 11.2. The molecule has 0 atom stereocenters. The van der Waals surface area contributed by atoms with Gasteiger partial charge in [0.1, 0.15) is 0 Å². The Bertz CT molecular complexity index is 239. The minimum Gasteiger partial charge on any atom is -0.295 e. The quantitative estimate of drug-likeness (QED) is 0.331. The van der Waals surface area contributed by atoms with Gasteiger partial charge in [-0.2, -0.15) is 0 Å². The van der Waals surface area contributed by atoms with E-state index in [9.17, 15) is 9.59 Å². The number of allylic oxidation sites excluding steroid dienone is 3. The summed E-state index contributed by atoms with van der Waals surface area (Å²) >= 11 is 0. The van der Waals surface area contributed by atoms with Crippen molar-refractivity contribution in [1.82, 2.24) is 0 Å². The first-order chi connectivity index (χ1) is 7.20. The lowest BCUT2D eigenvalue weighted by Gasteiger charge is -1.95. The number of ketones is 2. The molecule has 84 valence electrons. The average Bonchev–Trinajstić information content (AvgIpc) is 2.25. The first-order valence-corrected chi connectivity index (χ1v) is 5.55. The lowest BCUT2D eigenvalue weighted by Crippen LogP contribution is -1.95. The number of unbranched alkanes of at least 4 members (excludes halogenated alkanes) is 3. The second-order valence-electron chi connectivity index (χ2n) is 3.51. The van der Waals surface area contributed by atoms with Gasteiger partial charge in [0.05, 0.1) is 0 Å². The van der Waals surface area contributed by atoms with Crippen molar-refractivity contribution < 1.29 is 9.59 Å². The van der Waals surface area contributed by atoms with Crippen LogP contribution >= 0.6 is 0 Å². The van der Waals surface area contributed by atoms with Gasteiger partial charge in [0.15, 0.2) is 11.6 Å². The van der Waals surface area contributed by atoms with Crippen molar-refractivity contribution >= 4 is 11.6 Å². The molecular weight excluding hydrogens is 188 g/mol. The van der Waals surface area contributed by atoms with Crippen molar-refractivity contribution in [2.24, 2.45) is 0 Å². The summed E-state index contributed by atoms with van der Waals surface area (Å²) in [5.74, 6) is 0.0606. The number of rotatable bonds is 9. The van der Waals surface area contributed by atoms with Crippen LogP contribution in [0.25, 0.3) is 0 Å². The molecule has 0 aromatic carbocycles. The van der Waals surface area contributed by atoms with Crippen LogP contribution in [-0.2, 0) is 9.59 Å². The lowest BCUT2D eigenvalue weighted by atomic mass is 10.1. The Labute approximate surface area is 92.1 Å². The molecule has 0 bridgehead atoms. The molecule has 2 heteroatoms. The van der Waals surface area contributed by atoms with Crippen LogP contribution < -0.4 is 0 Å². The van der Waals surface area contributed by atoms with Crippen LogP contribution in [0.2, 0.25) is 0 Å². The van der Waals surface area contributed by atoms with Gasteiger partial charge >= 0.3 is 0 Å². The molecule has 0 N–H and O–H groups in total. The first kappa shape index (κ1) is 13.8. The zero-order chi connectivity index (χ0) is 11.5. The molecule has 2 nitrogen and oxygen atoms in total. The van der Waals surface area contributed by atoms with Gasteiger partial charge in [0.25, 0.3) is 0 Å². The molecule has 0 fully saturated rings. The predicted octanol–water partition coefficient (Wildman–Crippen LogP) is 3.23. The van der Waals surface area contributed by atoms with Gasteiger partial charge in [-0.05, 0) is 31.4 Å². The highest BCUT2D eigenvalue weighted by atomic mass is 16.1. The van der Waals surface area contributed by atoms with Crippen LogP contribution in [0.15, 0.2) is 24.8 Å². The number of hydrogen-bond donors (Lipinski definition) is 0. The highest BCUT2D eigenvalue weighted by molar-refractivity contribution is 5.98. The van der Waals surface area contributed by atoms with Gasteiger partial charge in [0, 0.05) is 12.8 Å². The van der Waals surface area contributed by atoms with Gasteiger partial charge in [0.2, 0.25) is 0 Å². The highest BCUT2D eigenvalue weighted by Crippen LogP contribution is 2.04. The largest absolute Gasteiger partial charge is 0.295 e. The summed E-state index contributed by atoms with van der Waals surface area (Å²) in [4.78, 5) is 22.1. The molecule has 0 heterocycles. The Morgan fingerprint density at radius 3 is 2.33 bits per heavy atom. The maximum Gasteiger partial charge on any atom is 0.155 e. The van der Waals surface area contributed by atoms with E-state index in [2.05, 4.69) is 6.58 Å². The number of carbonyl (C=O) groups excluding carboxylic acids is 2. The van der Waals surface area contributed by atoms with Crippen LogP contribution in [0.5, 0.6) is 0 Å². The van der Waals surface area contributed by atoms with Gasteiger partial charge in [-0.15, -0.1) is 6.58 Å². The number of carbonyl (C=O) groups is 2.